The first-order chi connectivity index (χ1) is 20.2. The minimum absolute atomic E-state index is 0.0430. The maximum atomic E-state index is 14.7. The number of hydrogen-bond donors (Lipinski definition) is 1. The summed E-state index contributed by atoms with van der Waals surface area (Å²) in [4.78, 5) is 21.0. The van der Waals surface area contributed by atoms with Crippen molar-refractivity contribution >= 4 is 55.9 Å². The highest BCUT2D eigenvalue weighted by molar-refractivity contribution is 7.22. The van der Waals surface area contributed by atoms with E-state index in [4.69, 9.17) is 27.7 Å². The van der Waals surface area contributed by atoms with Crippen molar-refractivity contribution in [1.82, 2.24) is 15.0 Å². The predicted octanol–water partition coefficient (Wildman–Crippen LogP) is 7.99. The Morgan fingerprint density at radius 3 is 2.67 bits per heavy atom. The van der Waals surface area contributed by atoms with E-state index in [0.717, 1.165) is 78.7 Å². The number of carboxylic acid groups (broad SMARTS) is 1. The van der Waals surface area contributed by atoms with E-state index in [1.807, 2.05) is 18.2 Å². The van der Waals surface area contributed by atoms with Crippen LogP contribution in [0, 0.1) is 11.2 Å². The molecule has 4 fully saturated rings. The van der Waals surface area contributed by atoms with Crippen molar-refractivity contribution in [3.05, 3.63) is 63.1 Å². The number of benzene rings is 2. The molecule has 7 nitrogen and oxygen atoms in total. The van der Waals surface area contributed by atoms with Crippen LogP contribution >= 0.6 is 34.5 Å². The summed E-state index contributed by atoms with van der Waals surface area (Å²) in [5.41, 5.74) is 3.00. The van der Waals surface area contributed by atoms with Gasteiger partial charge in [-0.2, -0.15) is 0 Å². The van der Waals surface area contributed by atoms with Gasteiger partial charge in [0, 0.05) is 41.7 Å². The van der Waals surface area contributed by atoms with Gasteiger partial charge in [-0.05, 0) is 81.7 Å². The second-order valence-electron chi connectivity index (χ2n) is 12.5. The van der Waals surface area contributed by atoms with Gasteiger partial charge < -0.3 is 14.5 Å². The maximum absolute atomic E-state index is 14.7. The average Bonchev–Trinajstić information content (AvgIpc) is 3.25. The van der Waals surface area contributed by atoms with E-state index in [-0.39, 0.29) is 16.5 Å². The summed E-state index contributed by atoms with van der Waals surface area (Å²) >= 11 is 14.6. The Bertz CT molecular complexity index is 1730. The Morgan fingerprint density at radius 2 is 1.95 bits per heavy atom. The summed E-state index contributed by atoms with van der Waals surface area (Å²) in [6, 6.07) is 9.29. The first-order valence-electron chi connectivity index (χ1n) is 14.5. The Balaban J connectivity index is 1.02. The lowest BCUT2D eigenvalue weighted by Crippen LogP contribution is -2.54. The van der Waals surface area contributed by atoms with Crippen LogP contribution in [0.3, 0.4) is 0 Å². The molecule has 0 radical (unpaired) electrons. The molecular weight excluding hydrogens is 598 g/mol. The number of rotatable bonds is 7. The zero-order valence-electron chi connectivity index (χ0n) is 22.9. The third-order valence-electron chi connectivity index (χ3n) is 10.0. The molecule has 2 aliphatic carbocycles. The number of aromatic carboxylic acids is 1. The van der Waals surface area contributed by atoms with Crippen molar-refractivity contribution in [3.63, 3.8) is 0 Å². The summed E-state index contributed by atoms with van der Waals surface area (Å²) in [6.07, 6.45) is 7.74. The number of carbonyl (C=O) groups is 1. The van der Waals surface area contributed by atoms with Crippen molar-refractivity contribution < 1.29 is 18.8 Å². The molecule has 2 unspecified atom stereocenters. The van der Waals surface area contributed by atoms with Crippen LogP contribution in [0.1, 0.15) is 72.5 Å². The van der Waals surface area contributed by atoms with Crippen LogP contribution in [0.25, 0.3) is 21.5 Å². The standard InChI is InChI=1S/C31H29Cl2FN4O3S/c1-37(14-19-26(36-41-28(19)15-5-6-15)25-20(32)3-2-4-21(25)33)18-12-31(13-18)11-17-7-8-24(31)38(17)30-35-27-22(34)9-16(29(39)40)10-23(27)42-30/h2-4,9-10,15,17-18,24H,5-8,11-14H2,1H3,(H,39,40). The van der Waals surface area contributed by atoms with Crippen LogP contribution in [0.5, 0.6) is 0 Å². The SMILES string of the molecule is CN(Cc1c(-c2c(Cl)cccc2Cl)noc1C1CC1)C1CC2(C1)CC1CCC2N1c1nc2c(F)cc(C(=O)O)cc2s1. The van der Waals surface area contributed by atoms with E-state index in [9.17, 15) is 14.3 Å². The average molecular weight is 628 g/mol. The van der Waals surface area contributed by atoms with Crippen molar-refractivity contribution in [2.45, 2.75) is 75.5 Å². The zero-order chi connectivity index (χ0) is 28.9. The number of anilines is 1. The van der Waals surface area contributed by atoms with Gasteiger partial charge in [0.2, 0.25) is 0 Å². The molecule has 218 valence electrons. The number of halogens is 3. The number of carboxylic acids is 1. The number of fused-ring (bicyclic) bond motifs is 4. The molecule has 4 aliphatic rings. The lowest BCUT2D eigenvalue weighted by molar-refractivity contribution is -0.00698. The quantitative estimate of drug-likeness (QED) is 0.222. The van der Waals surface area contributed by atoms with E-state index in [0.29, 0.717) is 45.3 Å². The van der Waals surface area contributed by atoms with Crippen LogP contribution in [0.15, 0.2) is 34.9 Å². The molecule has 1 N–H and O–H groups in total. The van der Waals surface area contributed by atoms with Crippen molar-refractivity contribution in [3.8, 4) is 11.3 Å². The van der Waals surface area contributed by atoms with Crippen molar-refractivity contribution in [1.29, 1.82) is 0 Å². The van der Waals surface area contributed by atoms with Gasteiger partial charge >= 0.3 is 5.97 Å². The second kappa shape index (κ2) is 9.64. The highest BCUT2D eigenvalue weighted by Crippen LogP contribution is 2.62. The maximum Gasteiger partial charge on any atom is 0.335 e. The fourth-order valence-electron chi connectivity index (χ4n) is 7.86. The molecule has 2 saturated heterocycles. The molecule has 8 rings (SSSR count). The molecule has 11 heteroatoms. The highest BCUT2D eigenvalue weighted by Gasteiger charge is 2.62. The lowest BCUT2D eigenvalue weighted by atomic mass is 9.57. The highest BCUT2D eigenvalue weighted by atomic mass is 35.5. The Kier molecular flexibility index (Phi) is 6.17. The van der Waals surface area contributed by atoms with Crippen molar-refractivity contribution in [2.75, 3.05) is 11.9 Å². The van der Waals surface area contributed by atoms with Gasteiger partial charge in [0.05, 0.1) is 20.3 Å². The monoisotopic (exact) mass is 626 g/mol. The van der Waals surface area contributed by atoms with Gasteiger partial charge in [0.15, 0.2) is 10.9 Å². The minimum Gasteiger partial charge on any atom is -0.478 e. The summed E-state index contributed by atoms with van der Waals surface area (Å²) < 4.78 is 21.2. The minimum atomic E-state index is -1.13. The number of hydrogen-bond acceptors (Lipinski definition) is 7. The Morgan fingerprint density at radius 1 is 1.19 bits per heavy atom. The molecule has 0 amide bonds. The molecule has 42 heavy (non-hydrogen) atoms. The van der Waals surface area contributed by atoms with E-state index in [2.05, 4.69) is 27.0 Å². The number of aromatic nitrogens is 2. The number of nitrogens with zero attached hydrogens (tertiary/aromatic N) is 4. The molecule has 2 aromatic carbocycles. The third-order valence-corrected chi connectivity index (χ3v) is 11.7. The van der Waals surface area contributed by atoms with Crippen molar-refractivity contribution in [2.24, 2.45) is 5.41 Å². The largest absolute Gasteiger partial charge is 0.478 e. The fraction of sp³-hybridized carbons (Fsp3) is 0.452. The molecule has 2 saturated carbocycles. The number of thiazole rings is 1. The Hall–Kier alpha value is -2.72. The molecule has 2 atom stereocenters. The third kappa shape index (κ3) is 4.11. The molecule has 1 spiro atoms. The molecule has 2 aromatic heterocycles. The topological polar surface area (TPSA) is 82.7 Å². The van der Waals surface area contributed by atoms with Gasteiger partial charge in [-0.3, -0.25) is 4.90 Å². The van der Waals surface area contributed by atoms with E-state index in [1.54, 1.807) is 0 Å². The van der Waals surface area contributed by atoms with E-state index in [1.165, 1.54) is 17.4 Å². The second-order valence-corrected chi connectivity index (χ2v) is 14.4. The zero-order valence-corrected chi connectivity index (χ0v) is 25.3. The first kappa shape index (κ1) is 26.9. The van der Waals surface area contributed by atoms with E-state index < -0.39 is 11.8 Å². The fourth-order valence-corrected chi connectivity index (χ4v) is 9.58. The van der Waals surface area contributed by atoms with Gasteiger partial charge in [0.25, 0.3) is 0 Å². The molecule has 2 bridgehead atoms. The molecule has 4 aromatic rings. The van der Waals surface area contributed by atoms with Crippen LogP contribution in [0.4, 0.5) is 9.52 Å². The first-order valence-corrected chi connectivity index (χ1v) is 16.0. The predicted molar refractivity (Wildman–Crippen MR) is 161 cm³/mol. The van der Waals surface area contributed by atoms with Crippen LogP contribution < -0.4 is 4.90 Å². The van der Waals surface area contributed by atoms with Crippen LogP contribution in [-0.4, -0.2) is 51.3 Å². The van der Waals surface area contributed by atoms with Gasteiger partial charge in [-0.1, -0.05) is 45.8 Å². The Labute approximate surface area is 256 Å². The normalized spacial score (nSPS) is 26.6. The molecule has 4 heterocycles. The van der Waals surface area contributed by atoms with Crippen LogP contribution in [-0.2, 0) is 6.54 Å². The summed E-state index contributed by atoms with van der Waals surface area (Å²) in [5, 5.41) is 15.8. The van der Waals surface area contributed by atoms with Gasteiger partial charge in [-0.15, -0.1) is 0 Å². The van der Waals surface area contributed by atoms with Gasteiger partial charge in [-0.25, -0.2) is 14.2 Å². The van der Waals surface area contributed by atoms with Crippen LogP contribution in [0.2, 0.25) is 10.0 Å². The van der Waals surface area contributed by atoms with E-state index >= 15 is 0 Å². The molecular formula is C31H29Cl2FN4O3S. The molecule has 2 aliphatic heterocycles. The summed E-state index contributed by atoms with van der Waals surface area (Å²) in [5.74, 6) is -0.334. The smallest absolute Gasteiger partial charge is 0.335 e. The summed E-state index contributed by atoms with van der Waals surface area (Å²) in [6.45, 7) is 0.716. The van der Waals surface area contributed by atoms with Gasteiger partial charge in [0.1, 0.15) is 17.0 Å². The summed E-state index contributed by atoms with van der Waals surface area (Å²) in [7, 11) is 2.18. The lowest BCUT2D eigenvalue weighted by Gasteiger charge is -2.53.